The summed E-state index contributed by atoms with van der Waals surface area (Å²) in [5.41, 5.74) is 10.5. The van der Waals surface area contributed by atoms with E-state index >= 15 is 0 Å². The van der Waals surface area contributed by atoms with Gasteiger partial charge >= 0.3 is 0 Å². The molecule has 59 heavy (non-hydrogen) atoms. The smallest absolute Gasteiger partial charge is 0.137 e. The summed E-state index contributed by atoms with van der Waals surface area (Å²) in [5, 5.41) is 2.37. The highest BCUT2D eigenvalue weighted by Crippen LogP contribution is 2.41. The highest BCUT2D eigenvalue weighted by Gasteiger charge is 2.30. The van der Waals surface area contributed by atoms with Crippen molar-refractivity contribution in [2.75, 3.05) is 16.5 Å². The predicted octanol–water partition coefficient (Wildman–Crippen LogP) is 13.6. The Bertz CT molecular complexity index is 2730. The van der Waals surface area contributed by atoms with E-state index in [0.29, 0.717) is 12.6 Å². The Morgan fingerprint density at radius 3 is 1.83 bits per heavy atom. The van der Waals surface area contributed by atoms with Crippen LogP contribution in [0.25, 0.3) is 27.6 Å². The number of hydrogen-bond donors (Lipinski definition) is 0. The molecule has 8 aromatic rings. The van der Waals surface area contributed by atoms with Crippen molar-refractivity contribution in [3.63, 3.8) is 0 Å². The number of para-hydroxylation sites is 1. The predicted molar refractivity (Wildman–Crippen MR) is 246 cm³/mol. The van der Waals surface area contributed by atoms with Crippen LogP contribution in [0.3, 0.4) is 0 Å². The molecule has 1 aliphatic heterocycles. The van der Waals surface area contributed by atoms with Gasteiger partial charge in [0.15, 0.2) is 0 Å². The number of benzene rings is 6. The number of hydrogen-bond acceptors (Lipinski definition) is 4. The number of aromatic nitrogens is 2. The first-order valence-corrected chi connectivity index (χ1v) is 20.8. The third kappa shape index (κ3) is 7.38. The van der Waals surface area contributed by atoms with Crippen molar-refractivity contribution in [3.8, 4) is 17.3 Å². The van der Waals surface area contributed by atoms with E-state index in [1.165, 1.54) is 44.3 Å². The summed E-state index contributed by atoms with van der Waals surface area (Å²) in [4.78, 5) is 9.48. The standard InChI is InChI=1S/C54H52N4O/c1-38(2)30-39-26-27-55-52(31-39)58-50-23-14-13-22-48(50)49-25-24-47(36-51(49)58)59-46-21-15-20-44(35-46)56-28-29-57(37-56)45-33-42(53(3,4)40-16-9-7-10-17-40)32-43(34-45)54(5,6)41-18-11-8-12-19-41/h7-29,31-36,38H,30,37H2,1-6H3. The minimum Gasteiger partial charge on any atom is -0.457 e. The van der Waals surface area contributed by atoms with E-state index in [4.69, 9.17) is 9.72 Å². The van der Waals surface area contributed by atoms with Gasteiger partial charge in [0, 0.05) is 63.7 Å². The van der Waals surface area contributed by atoms with Gasteiger partial charge in [-0.25, -0.2) is 4.98 Å². The summed E-state index contributed by atoms with van der Waals surface area (Å²) in [7, 11) is 0. The summed E-state index contributed by atoms with van der Waals surface area (Å²) in [6.45, 7) is 14.5. The van der Waals surface area contributed by atoms with Crippen molar-refractivity contribution in [2.24, 2.45) is 5.92 Å². The molecule has 0 amide bonds. The molecule has 294 valence electrons. The number of anilines is 2. The third-order valence-corrected chi connectivity index (χ3v) is 12.1. The molecular formula is C54H52N4O. The zero-order chi connectivity index (χ0) is 40.7. The first kappa shape index (κ1) is 38.0. The lowest BCUT2D eigenvalue weighted by Crippen LogP contribution is -2.27. The van der Waals surface area contributed by atoms with E-state index in [0.717, 1.165) is 40.5 Å². The topological polar surface area (TPSA) is 33.5 Å². The van der Waals surface area contributed by atoms with Crippen molar-refractivity contribution in [3.05, 3.63) is 204 Å². The van der Waals surface area contributed by atoms with Crippen LogP contribution >= 0.6 is 0 Å². The Morgan fingerprint density at radius 2 is 1.15 bits per heavy atom. The van der Waals surface area contributed by atoms with Gasteiger partial charge in [-0.1, -0.05) is 133 Å². The summed E-state index contributed by atoms with van der Waals surface area (Å²) >= 11 is 0. The fraction of sp³-hybridized carbons (Fsp3) is 0.204. The summed E-state index contributed by atoms with van der Waals surface area (Å²) in [5.74, 6) is 3.05. The molecule has 0 unspecified atom stereocenters. The molecule has 0 atom stereocenters. The monoisotopic (exact) mass is 772 g/mol. The number of nitrogens with zero attached hydrogens (tertiary/aromatic N) is 4. The highest BCUT2D eigenvalue weighted by molar-refractivity contribution is 6.09. The van der Waals surface area contributed by atoms with Crippen LogP contribution in [0.1, 0.15) is 69.4 Å². The van der Waals surface area contributed by atoms with Gasteiger partial charge in [-0.2, -0.15) is 0 Å². The first-order chi connectivity index (χ1) is 28.5. The molecule has 5 nitrogen and oxygen atoms in total. The van der Waals surface area contributed by atoms with Crippen molar-refractivity contribution >= 4 is 33.2 Å². The van der Waals surface area contributed by atoms with E-state index in [9.17, 15) is 0 Å². The second kappa shape index (κ2) is 15.3. The Morgan fingerprint density at radius 1 is 0.542 bits per heavy atom. The molecule has 9 rings (SSSR count). The SMILES string of the molecule is CC(C)Cc1ccnc(-n2c3ccccc3c3ccc(Oc4cccc(N5C=CN(c6cc(C(C)(C)c7ccccc7)cc(C(C)(C)c7ccccc7)c6)C5)c4)cc32)c1. The fourth-order valence-electron chi connectivity index (χ4n) is 8.60. The molecule has 0 fully saturated rings. The lowest BCUT2D eigenvalue weighted by Gasteiger charge is -2.33. The average Bonchev–Trinajstić information content (AvgIpc) is 3.88. The minimum absolute atomic E-state index is 0.195. The maximum absolute atomic E-state index is 6.65. The second-order valence-corrected chi connectivity index (χ2v) is 17.4. The Hall–Kier alpha value is -6.59. The first-order valence-electron chi connectivity index (χ1n) is 20.8. The number of ether oxygens (including phenoxy) is 1. The molecule has 0 saturated carbocycles. The molecule has 1 aliphatic rings. The molecule has 3 heterocycles. The van der Waals surface area contributed by atoms with Crippen molar-refractivity contribution in [2.45, 2.75) is 58.8 Å². The van der Waals surface area contributed by atoms with Crippen LogP contribution < -0.4 is 14.5 Å². The largest absolute Gasteiger partial charge is 0.457 e. The molecular weight excluding hydrogens is 721 g/mol. The van der Waals surface area contributed by atoms with Gasteiger partial charge in [0.25, 0.3) is 0 Å². The van der Waals surface area contributed by atoms with Gasteiger partial charge < -0.3 is 14.5 Å². The fourth-order valence-corrected chi connectivity index (χ4v) is 8.60. The lowest BCUT2D eigenvalue weighted by atomic mass is 9.73. The van der Waals surface area contributed by atoms with Crippen LogP contribution in [0.15, 0.2) is 176 Å². The summed E-state index contributed by atoms with van der Waals surface area (Å²) in [6, 6.07) is 56.5. The summed E-state index contributed by atoms with van der Waals surface area (Å²) in [6.07, 6.45) is 7.30. The maximum Gasteiger partial charge on any atom is 0.137 e. The quantitative estimate of drug-likeness (QED) is 0.131. The van der Waals surface area contributed by atoms with Crippen LogP contribution in [-0.2, 0) is 17.3 Å². The molecule has 0 aliphatic carbocycles. The molecule has 2 aromatic heterocycles. The number of fused-ring (bicyclic) bond motifs is 3. The molecule has 0 N–H and O–H groups in total. The number of rotatable bonds is 11. The molecule has 0 saturated heterocycles. The van der Waals surface area contributed by atoms with E-state index in [1.807, 2.05) is 12.3 Å². The Kier molecular flexibility index (Phi) is 9.84. The van der Waals surface area contributed by atoms with Crippen LogP contribution in [0.2, 0.25) is 0 Å². The van der Waals surface area contributed by atoms with E-state index < -0.39 is 0 Å². The van der Waals surface area contributed by atoms with Gasteiger partial charge in [0.2, 0.25) is 0 Å². The van der Waals surface area contributed by atoms with Gasteiger partial charge in [0.05, 0.1) is 17.7 Å². The van der Waals surface area contributed by atoms with Gasteiger partial charge in [-0.05, 0) is 94.8 Å². The summed E-state index contributed by atoms with van der Waals surface area (Å²) < 4.78 is 8.92. The van der Waals surface area contributed by atoms with Crippen molar-refractivity contribution < 1.29 is 4.74 Å². The molecule has 0 spiro atoms. The van der Waals surface area contributed by atoms with Crippen molar-refractivity contribution in [1.29, 1.82) is 0 Å². The normalized spacial score (nSPS) is 13.3. The van der Waals surface area contributed by atoms with Crippen LogP contribution in [0.5, 0.6) is 11.5 Å². The van der Waals surface area contributed by atoms with Gasteiger partial charge in [0.1, 0.15) is 17.3 Å². The molecule has 0 radical (unpaired) electrons. The van der Waals surface area contributed by atoms with E-state index in [-0.39, 0.29) is 10.8 Å². The highest BCUT2D eigenvalue weighted by atomic mass is 16.5. The third-order valence-electron chi connectivity index (χ3n) is 12.1. The van der Waals surface area contributed by atoms with Gasteiger partial charge in [-0.3, -0.25) is 4.57 Å². The average molecular weight is 773 g/mol. The van der Waals surface area contributed by atoms with E-state index in [2.05, 4.69) is 220 Å². The molecule has 5 heteroatoms. The molecule has 0 bridgehead atoms. The lowest BCUT2D eigenvalue weighted by molar-refractivity contribution is 0.483. The Labute approximate surface area is 348 Å². The molecule has 6 aromatic carbocycles. The minimum atomic E-state index is -0.195. The number of pyridine rings is 1. The maximum atomic E-state index is 6.65. The van der Waals surface area contributed by atoms with Crippen LogP contribution in [-0.4, -0.2) is 16.2 Å². The zero-order valence-electron chi connectivity index (χ0n) is 34.9. The Balaban J connectivity index is 1.01. The van der Waals surface area contributed by atoms with Crippen molar-refractivity contribution in [1.82, 2.24) is 9.55 Å². The van der Waals surface area contributed by atoms with Crippen LogP contribution in [0.4, 0.5) is 11.4 Å². The van der Waals surface area contributed by atoms with E-state index in [1.54, 1.807) is 0 Å². The second-order valence-electron chi connectivity index (χ2n) is 17.4. The van der Waals surface area contributed by atoms with Crippen LogP contribution in [0, 0.1) is 5.92 Å². The van der Waals surface area contributed by atoms with Gasteiger partial charge in [-0.15, -0.1) is 0 Å². The zero-order valence-corrected chi connectivity index (χ0v) is 34.9.